The van der Waals surface area contributed by atoms with Crippen LogP contribution in [0.15, 0.2) is 53.1 Å². The molecule has 0 aliphatic carbocycles. The van der Waals surface area contributed by atoms with Crippen LogP contribution in [-0.4, -0.2) is 36.9 Å². The molecule has 0 atom stereocenters. The fraction of sp³-hybridized carbons (Fsp3) is 0.211. The van der Waals surface area contributed by atoms with Gasteiger partial charge in [-0.15, -0.1) is 0 Å². The second-order valence-corrected chi connectivity index (χ2v) is 5.34. The summed E-state index contributed by atoms with van der Waals surface area (Å²) in [5, 5.41) is 3.88. The zero-order valence-electron chi connectivity index (χ0n) is 14.9. The summed E-state index contributed by atoms with van der Waals surface area (Å²) in [5.74, 6) is 1.83. The van der Waals surface area contributed by atoms with Crippen LogP contribution >= 0.6 is 0 Å². The molecule has 27 heavy (non-hydrogen) atoms. The first-order valence-electron chi connectivity index (χ1n) is 8.08. The number of benzene rings is 2. The van der Waals surface area contributed by atoms with Crippen LogP contribution in [0.25, 0.3) is 11.4 Å². The Bertz CT molecular complexity index is 891. The van der Waals surface area contributed by atoms with E-state index in [1.165, 1.54) is 0 Å². The summed E-state index contributed by atoms with van der Waals surface area (Å²) in [6.45, 7) is -0.382. The lowest BCUT2D eigenvalue weighted by molar-refractivity contribution is -0.148. The van der Waals surface area contributed by atoms with Gasteiger partial charge >= 0.3 is 5.97 Å². The first-order valence-corrected chi connectivity index (χ1v) is 8.08. The van der Waals surface area contributed by atoms with Crippen molar-refractivity contribution in [1.82, 2.24) is 10.1 Å². The highest BCUT2D eigenvalue weighted by Gasteiger charge is 2.14. The SMILES string of the molecule is COc1ccc(OCC(=O)OCc2nc(-c3ccccc3OC)no2)cc1. The Morgan fingerprint density at radius 3 is 2.48 bits per heavy atom. The molecule has 2 aromatic carbocycles. The zero-order chi connectivity index (χ0) is 19.1. The van der Waals surface area contributed by atoms with E-state index < -0.39 is 5.97 Å². The number of hydrogen-bond acceptors (Lipinski definition) is 8. The summed E-state index contributed by atoms with van der Waals surface area (Å²) in [7, 11) is 3.13. The molecule has 0 saturated heterocycles. The highest BCUT2D eigenvalue weighted by Crippen LogP contribution is 2.27. The summed E-state index contributed by atoms with van der Waals surface area (Å²) in [6.07, 6.45) is 0. The van der Waals surface area contributed by atoms with E-state index in [4.69, 9.17) is 23.5 Å². The minimum Gasteiger partial charge on any atom is -0.497 e. The van der Waals surface area contributed by atoms with Gasteiger partial charge in [-0.3, -0.25) is 0 Å². The van der Waals surface area contributed by atoms with Crippen molar-refractivity contribution in [1.29, 1.82) is 0 Å². The number of para-hydroxylation sites is 1. The molecule has 0 fully saturated rings. The third kappa shape index (κ3) is 4.75. The molecule has 140 valence electrons. The second kappa shape index (κ2) is 8.70. The fourth-order valence-electron chi connectivity index (χ4n) is 2.25. The maximum Gasteiger partial charge on any atom is 0.344 e. The van der Waals surface area contributed by atoms with Crippen LogP contribution in [0.3, 0.4) is 0 Å². The van der Waals surface area contributed by atoms with Crippen LogP contribution in [-0.2, 0) is 16.1 Å². The number of carbonyl (C=O) groups excluding carboxylic acids is 1. The van der Waals surface area contributed by atoms with Gasteiger partial charge in [0.2, 0.25) is 5.82 Å². The Morgan fingerprint density at radius 1 is 1.00 bits per heavy atom. The van der Waals surface area contributed by atoms with E-state index in [1.807, 2.05) is 18.2 Å². The summed E-state index contributed by atoms with van der Waals surface area (Å²) in [5.41, 5.74) is 0.684. The minimum atomic E-state index is -0.553. The van der Waals surface area contributed by atoms with Crippen molar-refractivity contribution in [3.8, 4) is 28.6 Å². The van der Waals surface area contributed by atoms with E-state index in [2.05, 4.69) is 10.1 Å². The molecule has 0 spiro atoms. The zero-order valence-corrected chi connectivity index (χ0v) is 14.9. The molecule has 0 radical (unpaired) electrons. The average molecular weight is 370 g/mol. The van der Waals surface area contributed by atoms with Gasteiger partial charge in [0.25, 0.3) is 5.89 Å². The van der Waals surface area contributed by atoms with E-state index >= 15 is 0 Å². The van der Waals surface area contributed by atoms with Crippen molar-refractivity contribution in [2.75, 3.05) is 20.8 Å². The van der Waals surface area contributed by atoms with Gasteiger partial charge in [-0.05, 0) is 36.4 Å². The molecular formula is C19H18N2O6. The Morgan fingerprint density at radius 2 is 1.74 bits per heavy atom. The molecule has 3 rings (SSSR count). The monoisotopic (exact) mass is 370 g/mol. The lowest BCUT2D eigenvalue weighted by Crippen LogP contribution is -2.14. The maximum atomic E-state index is 11.8. The predicted octanol–water partition coefficient (Wildman–Crippen LogP) is 2.88. The van der Waals surface area contributed by atoms with Gasteiger partial charge in [0, 0.05) is 0 Å². The minimum absolute atomic E-state index is 0.146. The topological polar surface area (TPSA) is 92.9 Å². The van der Waals surface area contributed by atoms with E-state index in [0.29, 0.717) is 28.6 Å². The van der Waals surface area contributed by atoms with Crippen LogP contribution in [0.1, 0.15) is 5.89 Å². The van der Waals surface area contributed by atoms with Crippen LogP contribution < -0.4 is 14.2 Å². The number of ether oxygens (including phenoxy) is 4. The van der Waals surface area contributed by atoms with Gasteiger partial charge in [0.05, 0.1) is 19.8 Å². The van der Waals surface area contributed by atoms with Crippen molar-refractivity contribution < 1.29 is 28.3 Å². The molecule has 0 N–H and O–H groups in total. The number of methoxy groups -OCH3 is 2. The van der Waals surface area contributed by atoms with Crippen molar-refractivity contribution in [2.24, 2.45) is 0 Å². The molecule has 0 amide bonds. The number of aromatic nitrogens is 2. The molecule has 0 bridgehead atoms. The predicted molar refractivity (Wildman–Crippen MR) is 94.6 cm³/mol. The molecule has 0 unspecified atom stereocenters. The standard InChI is InChI=1S/C19H18N2O6/c1-23-13-7-9-14(10-8-13)25-12-18(22)26-11-17-20-19(21-27-17)15-5-3-4-6-16(15)24-2/h3-10H,11-12H2,1-2H3. The first-order chi connectivity index (χ1) is 13.2. The van der Waals surface area contributed by atoms with Crippen LogP contribution in [0.2, 0.25) is 0 Å². The summed E-state index contributed by atoms with van der Waals surface area (Å²) in [6, 6.07) is 14.1. The van der Waals surface area contributed by atoms with Gasteiger partial charge in [0.15, 0.2) is 13.2 Å². The third-order valence-corrected chi connectivity index (χ3v) is 3.59. The van der Waals surface area contributed by atoms with Gasteiger partial charge in [0.1, 0.15) is 17.2 Å². The van der Waals surface area contributed by atoms with Gasteiger partial charge in [-0.1, -0.05) is 17.3 Å². The number of rotatable bonds is 8. The first kappa shape index (κ1) is 18.2. The normalized spacial score (nSPS) is 10.3. The molecule has 0 saturated carbocycles. The van der Waals surface area contributed by atoms with Gasteiger partial charge in [-0.25, -0.2) is 4.79 Å². The molecule has 0 aliphatic rings. The lowest BCUT2D eigenvalue weighted by atomic mass is 10.2. The molecule has 1 heterocycles. The third-order valence-electron chi connectivity index (χ3n) is 3.59. The quantitative estimate of drug-likeness (QED) is 0.559. The highest BCUT2D eigenvalue weighted by atomic mass is 16.6. The second-order valence-electron chi connectivity index (χ2n) is 5.34. The maximum absolute atomic E-state index is 11.8. The van der Waals surface area contributed by atoms with Crippen LogP contribution in [0.5, 0.6) is 17.2 Å². The molecule has 1 aromatic heterocycles. The summed E-state index contributed by atoms with van der Waals surface area (Å²) >= 11 is 0. The van der Waals surface area contributed by atoms with Crippen LogP contribution in [0, 0.1) is 0 Å². The number of carbonyl (C=O) groups is 1. The van der Waals surface area contributed by atoms with Gasteiger partial charge in [-0.2, -0.15) is 4.98 Å². The number of esters is 1. The average Bonchev–Trinajstić information content (AvgIpc) is 3.20. The molecular weight excluding hydrogens is 352 g/mol. The smallest absolute Gasteiger partial charge is 0.344 e. The Hall–Kier alpha value is -3.55. The van der Waals surface area contributed by atoms with Crippen molar-refractivity contribution in [2.45, 2.75) is 6.61 Å². The van der Waals surface area contributed by atoms with E-state index in [-0.39, 0.29) is 19.1 Å². The fourth-order valence-corrected chi connectivity index (χ4v) is 2.25. The number of hydrogen-bond donors (Lipinski definition) is 0. The van der Waals surface area contributed by atoms with E-state index in [9.17, 15) is 4.79 Å². The molecule has 0 aliphatic heterocycles. The van der Waals surface area contributed by atoms with E-state index in [0.717, 1.165) is 0 Å². The Kier molecular flexibility index (Phi) is 5.88. The molecule has 8 nitrogen and oxygen atoms in total. The number of nitrogens with zero attached hydrogens (tertiary/aromatic N) is 2. The lowest BCUT2D eigenvalue weighted by Gasteiger charge is -2.06. The van der Waals surface area contributed by atoms with Crippen molar-refractivity contribution in [3.63, 3.8) is 0 Å². The molecule has 8 heteroatoms. The van der Waals surface area contributed by atoms with Gasteiger partial charge < -0.3 is 23.5 Å². The van der Waals surface area contributed by atoms with Crippen molar-refractivity contribution >= 4 is 5.97 Å². The molecule has 3 aromatic rings. The summed E-state index contributed by atoms with van der Waals surface area (Å²) < 4.78 is 25.9. The highest BCUT2D eigenvalue weighted by molar-refractivity contribution is 5.71. The Labute approximate surface area is 155 Å². The van der Waals surface area contributed by atoms with Crippen LogP contribution in [0.4, 0.5) is 0 Å². The van der Waals surface area contributed by atoms with E-state index in [1.54, 1.807) is 44.6 Å². The summed E-state index contributed by atoms with van der Waals surface area (Å²) in [4.78, 5) is 16.0. The largest absolute Gasteiger partial charge is 0.497 e. The van der Waals surface area contributed by atoms with Crippen molar-refractivity contribution in [3.05, 3.63) is 54.4 Å². The Balaban J connectivity index is 1.51.